The largest absolute Gasteiger partial charge is 0.489 e. The second-order valence-corrected chi connectivity index (χ2v) is 10.1. The number of hydrogen-bond acceptors (Lipinski definition) is 9. The fourth-order valence-corrected chi connectivity index (χ4v) is 4.55. The summed E-state index contributed by atoms with van der Waals surface area (Å²) in [6.45, 7) is 4.46. The van der Waals surface area contributed by atoms with Crippen LogP contribution in [0.2, 0.25) is 0 Å². The molecule has 0 spiro atoms. The van der Waals surface area contributed by atoms with E-state index in [-0.39, 0.29) is 17.3 Å². The van der Waals surface area contributed by atoms with Crippen molar-refractivity contribution in [1.82, 2.24) is 24.5 Å². The number of rotatable bonds is 12. The molecule has 0 bridgehead atoms. The molecule has 0 saturated heterocycles. The molecular formula is C29H33N7O3S. The Morgan fingerprint density at radius 1 is 1.12 bits per heavy atom. The van der Waals surface area contributed by atoms with Gasteiger partial charge >= 0.3 is 0 Å². The second kappa shape index (κ2) is 13.7. The van der Waals surface area contributed by atoms with Gasteiger partial charge in [0.2, 0.25) is 5.95 Å². The van der Waals surface area contributed by atoms with Gasteiger partial charge in [-0.25, -0.2) is 19.5 Å². The van der Waals surface area contributed by atoms with E-state index in [0.717, 1.165) is 35.4 Å². The number of unbranched alkanes of at least 4 members (excludes halogenated alkanes) is 1. The topological polar surface area (TPSA) is 141 Å². The second-order valence-electron chi connectivity index (χ2n) is 9.15. The number of pyridine rings is 1. The van der Waals surface area contributed by atoms with Gasteiger partial charge in [-0.2, -0.15) is 11.8 Å². The van der Waals surface area contributed by atoms with Gasteiger partial charge in [0.1, 0.15) is 5.82 Å². The molecule has 3 heterocycles. The highest BCUT2D eigenvalue weighted by atomic mass is 32.2. The maximum Gasteiger partial charge on any atom is 0.264 e. The molecule has 0 fully saturated rings. The van der Waals surface area contributed by atoms with Crippen molar-refractivity contribution >= 4 is 17.6 Å². The van der Waals surface area contributed by atoms with E-state index in [9.17, 15) is 4.79 Å². The van der Waals surface area contributed by atoms with Crippen LogP contribution in [0.3, 0.4) is 0 Å². The molecular weight excluding hydrogens is 526 g/mol. The summed E-state index contributed by atoms with van der Waals surface area (Å²) in [5.74, 6) is 2.21. The smallest absolute Gasteiger partial charge is 0.264 e. The molecule has 10 nitrogen and oxygen atoms in total. The lowest BCUT2D eigenvalue weighted by atomic mass is 10.0. The van der Waals surface area contributed by atoms with E-state index in [4.69, 9.17) is 20.7 Å². The minimum atomic E-state index is -0.198. The molecule has 11 heteroatoms. The lowest BCUT2D eigenvalue weighted by Gasteiger charge is -2.15. The minimum Gasteiger partial charge on any atom is -0.489 e. The Morgan fingerprint density at radius 3 is 2.58 bits per heavy atom. The van der Waals surface area contributed by atoms with Crippen LogP contribution >= 0.6 is 11.8 Å². The van der Waals surface area contributed by atoms with Crippen molar-refractivity contribution < 1.29 is 9.94 Å². The van der Waals surface area contributed by atoms with Gasteiger partial charge in [-0.1, -0.05) is 48.8 Å². The van der Waals surface area contributed by atoms with Gasteiger partial charge in [-0.3, -0.25) is 9.78 Å². The number of nitrogens with two attached hydrogens (primary N) is 1. The maximum absolute atomic E-state index is 13.9. The normalized spacial score (nSPS) is 11.5. The summed E-state index contributed by atoms with van der Waals surface area (Å²) in [5, 5.41) is 12.3. The summed E-state index contributed by atoms with van der Waals surface area (Å²) < 4.78 is 7.10. The number of benzene rings is 1. The van der Waals surface area contributed by atoms with Crippen molar-refractivity contribution in [3.05, 3.63) is 93.6 Å². The summed E-state index contributed by atoms with van der Waals surface area (Å²) in [7, 11) is 0. The van der Waals surface area contributed by atoms with E-state index in [1.165, 1.54) is 4.57 Å². The van der Waals surface area contributed by atoms with Crippen LogP contribution in [0, 0.1) is 6.92 Å². The zero-order valence-electron chi connectivity index (χ0n) is 22.9. The van der Waals surface area contributed by atoms with Crippen LogP contribution in [0.15, 0.2) is 64.9 Å². The number of aromatic nitrogens is 5. The van der Waals surface area contributed by atoms with Crippen molar-refractivity contribution in [2.75, 3.05) is 18.6 Å². The Hall–Kier alpha value is -4.25. The fourth-order valence-electron chi connectivity index (χ4n) is 4.30. The summed E-state index contributed by atoms with van der Waals surface area (Å²) in [4.78, 5) is 32.1. The van der Waals surface area contributed by atoms with E-state index in [2.05, 4.69) is 27.0 Å². The summed E-state index contributed by atoms with van der Waals surface area (Å²) in [5.41, 5.74) is 9.88. The molecule has 0 aliphatic rings. The molecule has 0 amide bonds. The Bertz CT molecular complexity index is 1520. The molecule has 0 atom stereocenters. The molecule has 0 unspecified atom stereocenters. The number of amidine groups is 1. The van der Waals surface area contributed by atoms with Crippen LogP contribution in [0.4, 0.5) is 0 Å². The van der Waals surface area contributed by atoms with Crippen LogP contribution in [-0.2, 0) is 12.8 Å². The molecule has 3 N–H and O–H groups in total. The van der Waals surface area contributed by atoms with E-state index < -0.39 is 0 Å². The predicted molar refractivity (Wildman–Crippen MR) is 158 cm³/mol. The first-order valence-electron chi connectivity index (χ1n) is 13.0. The van der Waals surface area contributed by atoms with Gasteiger partial charge in [0.05, 0.1) is 30.4 Å². The molecule has 40 heavy (non-hydrogen) atoms. The molecule has 0 saturated carbocycles. The highest BCUT2D eigenvalue weighted by molar-refractivity contribution is 7.98. The Labute approximate surface area is 237 Å². The summed E-state index contributed by atoms with van der Waals surface area (Å²) >= 11 is 1.69. The van der Waals surface area contributed by atoms with Gasteiger partial charge in [0.25, 0.3) is 5.56 Å². The minimum absolute atomic E-state index is 0.00935. The maximum atomic E-state index is 13.9. The number of ether oxygens (including phenoxy) is 1. The van der Waals surface area contributed by atoms with Gasteiger partial charge in [-0.05, 0) is 37.7 Å². The number of hydrogen-bond donors (Lipinski definition) is 2. The van der Waals surface area contributed by atoms with E-state index in [1.807, 2.05) is 36.6 Å². The van der Waals surface area contributed by atoms with E-state index >= 15 is 0 Å². The Morgan fingerprint density at radius 2 is 1.90 bits per heavy atom. The van der Waals surface area contributed by atoms with Gasteiger partial charge in [0, 0.05) is 35.1 Å². The van der Waals surface area contributed by atoms with Crippen molar-refractivity contribution in [2.24, 2.45) is 10.9 Å². The van der Waals surface area contributed by atoms with Crippen LogP contribution in [-0.4, -0.2) is 54.2 Å². The zero-order valence-corrected chi connectivity index (χ0v) is 23.7. The van der Waals surface area contributed by atoms with Crippen LogP contribution in [0.5, 0.6) is 5.75 Å². The number of aryl methyl sites for hydroxylation is 2. The molecule has 0 aliphatic carbocycles. The van der Waals surface area contributed by atoms with Crippen molar-refractivity contribution in [1.29, 1.82) is 0 Å². The molecule has 3 aromatic heterocycles. The third kappa shape index (κ3) is 6.66. The van der Waals surface area contributed by atoms with Crippen molar-refractivity contribution in [3.63, 3.8) is 0 Å². The summed E-state index contributed by atoms with van der Waals surface area (Å²) in [6.07, 6.45) is 9.87. The van der Waals surface area contributed by atoms with Crippen LogP contribution in [0.1, 0.15) is 48.0 Å². The zero-order chi connectivity index (χ0) is 28.5. The highest BCUT2D eigenvalue weighted by Gasteiger charge is 2.18. The first-order chi connectivity index (χ1) is 19.5. The predicted octanol–water partition coefficient (Wildman–Crippen LogP) is 4.16. The monoisotopic (exact) mass is 559 g/mol. The highest BCUT2D eigenvalue weighted by Crippen LogP contribution is 2.23. The number of nitrogens with zero attached hydrogens (tertiary/aromatic N) is 6. The molecule has 208 valence electrons. The van der Waals surface area contributed by atoms with Gasteiger partial charge in [0.15, 0.2) is 11.6 Å². The van der Waals surface area contributed by atoms with E-state index in [1.54, 1.807) is 43.3 Å². The standard InChI is InChI=1S/C29H33N7O3S/c1-4-5-10-26-24(15-20-11-12-25(31-16-20)22-8-6-7-9-23(22)27(30)35-38)28(37)36(19(2)34-26)29-32-17-21(18-33-29)39-13-14-40-3/h6-9,11-12,16-18,38H,4-5,10,13-15H2,1-3H3,(H2,30,35). The average Bonchev–Trinajstić information content (AvgIpc) is 2.98. The van der Waals surface area contributed by atoms with Crippen molar-refractivity contribution in [2.45, 2.75) is 39.5 Å². The average molecular weight is 560 g/mol. The lowest BCUT2D eigenvalue weighted by molar-refractivity contribution is 0.318. The molecule has 1 aromatic carbocycles. The SMILES string of the molecule is CCCCc1nc(C)n(-c2ncc(OCCSC)cn2)c(=O)c1Cc1ccc(-c2ccccc2/C(N)=N\O)nc1. The van der Waals surface area contributed by atoms with Gasteiger partial charge < -0.3 is 15.7 Å². The number of oxime groups is 1. The van der Waals surface area contributed by atoms with Crippen LogP contribution < -0.4 is 16.0 Å². The third-order valence-electron chi connectivity index (χ3n) is 6.36. The molecule has 0 radical (unpaired) electrons. The van der Waals surface area contributed by atoms with E-state index in [0.29, 0.717) is 47.8 Å². The molecule has 4 aromatic rings. The van der Waals surface area contributed by atoms with Crippen molar-refractivity contribution in [3.8, 4) is 23.0 Å². The Kier molecular flexibility index (Phi) is 9.85. The molecule has 4 rings (SSSR count). The molecule has 0 aliphatic heterocycles. The fraction of sp³-hybridized carbons (Fsp3) is 0.310. The Balaban J connectivity index is 1.67. The van der Waals surface area contributed by atoms with Gasteiger partial charge in [-0.15, -0.1) is 0 Å². The van der Waals surface area contributed by atoms with Crippen LogP contribution in [0.25, 0.3) is 17.2 Å². The first kappa shape index (κ1) is 28.8. The first-order valence-corrected chi connectivity index (χ1v) is 14.4. The third-order valence-corrected chi connectivity index (χ3v) is 6.94. The summed E-state index contributed by atoms with van der Waals surface area (Å²) in [6, 6.07) is 11.1. The quantitative estimate of drug-likeness (QED) is 0.0860. The number of thioether (sulfide) groups is 1. The lowest BCUT2D eigenvalue weighted by Crippen LogP contribution is -2.29.